The number of nitrogens with zero attached hydrogens (tertiary/aromatic N) is 2. The van der Waals surface area contributed by atoms with E-state index >= 15 is 0 Å². The fourth-order valence-electron chi connectivity index (χ4n) is 3.98. The molecule has 1 saturated carbocycles. The summed E-state index contributed by atoms with van der Waals surface area (Å²) in [5.74, 6) is 0.745. The Hall–Kier alpha value is -4.14. The SMILES string of the molecule is CC(C)(c1ccc(OCc2ccnc(C(N)=O)n2)cc1)c1ccc(O[C@H]2C[C@H](NC(=O)O)C2)cc1. The predicted octanol–water partition coefficient (Wildman–Crippen LogP) is 3.66. The minimum Gasteiger partial charge on any atom is -0.490 e. The summed E-state index contributed by atoms with van der Waals surface area (Å²) in [6.07, 6.45) is 1.87. The highest BCUT2D eigenvalue weighted by molar-refractivity contribution is 5.88. The topological polar surface area (TPSA) is 137 Å². The summed E-state index contributed by atoms with van der Waals surface area (Å²) >= 11 is 0. The number of nitrogens with one attached hydrogen (secondary N) is 1. The van der Waals surface area contributed by atoms with Crippen molar-refractivity contribution in [1.29, 1.82) is 0 Å². The van der Waals surface area contributed by atoms with E-state index in [1.807, 2.05) is 36.4 Å². The van der Waals surface area contributed by atoms with Gasteiger partial charge in [0, 0.05) is 30.5 Å². The lowest BCUT2D eigenvalue weighted by molar-refractivity contribution is 0.0833. The van der Waals surface area contributed by atoms with E-state index in [-0.39, 0.29) is 30.0 Å². The van der Waals surface area contributed by atoms with Gasteiger partial charge < -0.3 is 25.6 Å². The summed E-state index contributed by atoms with van der Waals surface area (Å²) < 4.78 is 11.8. The lowest BCUT2D eigenvalue weighted by Crippen LogP contribution is -2.48. The largest absolute Gasteiger partial charge is 0.490 e. The van der Waals surface area contributed by atoms with E-state index in [2.05, 4.69) is 41.3 Å². The zero-order valence-corrected chi connectivity index (χ0v) is 19.6. The third-order valence-corrected chi connectivity index (χ3v) is 6.20. The molecule has 0 saturated heterocycles. The van der Waals surface area contributed by atoms with Crippen LogP contribution in [-0.4, -0.2) is 39.2 Å². The van der Waals surface area contributed by atoms with Crippen molar-refractivity contribution >= 4 is 12.0 Å². The molecule has 0 atom stereocenters. The highest BCUT2D eigenvalue weighted by Gasteiger charge is 2.32. The monoisotopic (exact) mass is 476 g/mol. The van der Waals surface area contributed by atoms with E-state index in [1.54, 1.807) is 6.07 Å². The van der Waals surface area contributed by atoms with Crippen LogP contribution in [-0.2, 0) is 12.0 Å². The highest BCUT2D eigenvalue weighted by atomic mass is 16.5. The van der Waals surface area contributed by atoms with Crippen LogP contribution in [0.15, 0.2) is 60.8 Å². The van der Waals surface area contributed by atoms with E-state index < -0.39 is 12.0 Å². The van der Waals surface area contributed by atoms with Gasteiger partial charge >= 0.3 is 6.09 Å². The van der Waals surface area contributed by atoms with Crippen molar-refractivity contribution in [3.63, 3.8) is 0 Å². The number of carboxylic acid groups (broad SMARTS) is 1. The Labute approximate surface area is 203 Å². The Morgan fingerprint density at radius 3 is 2.20 bits per heavy atom. The van der Waals surface area contributed by atoms with E-state index in [0.717, 1.165) is 16.9 Å². The molecule has 35 heavy (non-hydrogen) atoms. The van der Waals surface area contributed by atoms with Crippen LogP contribution in [0.3, 0.4) is 0 Å². The molecule has 1 fully saturated rings. The van der Waals surface area contributed by atoms with Crippen molar-refractivity contribution in [3.05, 3.63) is 83.4 Å². The minimum atomic E-state index is -0.996. The Morgan fingerprint density at radius 1 is 1.03 bits per heavy atom. The van der Waals surface area contributed by atoms with E-state index in [0.29, 0.717) is 24.3 Å². The van der Waals surface area contributed by atoms with Gasteiger partial charge in [0.15, 0.2) is 0 Å². The third-order valence-electron chi connectivity index (χ3n) is 6.20. The van der Waals surface area contributed by atoms with Gasteiger partial charge in [0.1, 0.15) is 24.2 Å². The van der Waals surface area contributed by atoms with Crippen LogP contribution < -0.4 is 20.5 Å². The second-order valence-corrected chi connectivity index (χ2v) is 9.06. The summed E-state index contributed by atoms with van der Waals surface area (Å²) in [6.45, 7) is 4.50. The maximum absolute atomic E-state index is 11.2. The number of primary amides is 1. The van der Waals surface area contributed by atoms with E-state index in [1.165, 1.54) is 6.20 Å². The molecule has 0 unspecified atom stereocenters. The van der Waals surface area contributed by atoms with Crippen molar-refractivity contribution in [2.75, 3.05) is 0 Å². The summed E-state index contributed by atoms with van der Waals surface area (Å²) in [4.78, 5) is 29.8. The Kier molecular flexibility index (Phi) is 6.86. The number of benzene rings is 2. The number of hydrogen-bond acceptors (Lipinski definition) is 6. The van der Waals surface area contributed by atoms with Crippen molar-refractivity contribution in [1.82, 2.24) is 15.3 Å². The lowest BCUT2D eigenvalue weighted by atomic mass is 9.78. The van der Waals surface area contributed by atoms with Gasteiger partial charge in [0.05, 0.1) is 5.69 Å². The molecule has 3 aromatic rings. The number of carbonyl (C=O) groups excluding carboxylic acids is 1. The molecule has 0 aliphatic heterocycles. The van der Waals surface area contributed by atoms with Gasteiger partial charge in [-0.3, -0.25) is 4.79 Å². The molecule has 0 spiro atoms. The average molecular weight is 477 g/mol. The number of ether oxygens (including phenoxy) is 2. The molecule has 9 heteroatoms. The molecule has 9 nitrogen and oxygen atoms in total. The number of hydrogen-bond donors (Lipinski definition) is 3. The lowest BCUT2D eigenvalue weighted by Gasteiger charge is -2.35. The zero-order chi connectivity index (χ0) is 25.0. The molecule has 1 aliphatic carbocycles. The Bertz CT molecular complexity index is 1190. The van der Waals surface area contributed by atoms with Gasteiger partial charge in [-0.15, -0.1) is 0 Å². The Balaban J connectivity index is 1.34. The van der Waals surface area contributed by atoms with Crippen molar-refractivity contribution in [2.24, 2.45) is 5.73 Å². The maximum atomic E-state index is 11.2. The molecule has 1 heterocycles. The molecule has 182 valence electrons. The van der Waals surface area contributed by atoms with Gasteiger partial charge in [-0.1, -0.05) is 38.1 Å². The summed E-state index contributed by atoms with van der Waals surface area (Å²) in [7, 11) is 0. The van der Waals surface area contributed by atoms with Gasteiger partial charge in [-0.2, -0.15) is 0 Å². The first-order chi connectivity index (χ1) is 16.7. The molecule has 1 aromatic heterocycles. The highest BCUT2D eigenvalue weighted by Crippen LogP contribution is 2.34. The number of amides is 2. The van der Waals surface area contributed by atoms with E-state index in [4.69, 9.17) is 20.3 Å². The first-order valence-corrected chi connectivity index (χ1v) is 11.3. The normalized spacial score (nSPS) is 17.2. The summed E-state index contributed by atoms with van der Waals surface area (Å²) in [6, 6.07) is 17.5. The minimum absolute atomic E-state index is 0.0305. The molecule has 2 amide bonds. The molecule has 4 rings (SSSR count). The fourth-order valence-corrected chi connectivity index (χ4v) is 3.98. The second kappa shape index (κ2) is 10.0. The standard InChI is InChI=1S/C26H28N4O5/c1-26(2,17-5-9-21(10-6-17)35-22-13-19(14-22)30-25(32)33)16-3-7-20(8-4-16)34-15-18-11-12-28-24(29-18)23(27)31/h3-12,19,22,30H,13-15H2,1-2H3,(H2,27,31)(H,32,33)/t19-,22-. The molecule has 2 aromatic carbocycles. The average Bonchev–Trinajstić information content (AvgIpc) is 2.82. The van der Waals surface area contributed by atoms with Crippen molar-refractivity contribution in [2.45, 2.75) is 50.9 Å². The maximum Gasteiger partial charge on any atom is 0.404 e. The van der Waals surface area contributed by atoms with Gasteiger partial charge in [-0.25, -0.2) is 14.8 Å². The van der Waals surface area contributed by atoms with Crippen LogP contribution in [0, 0.1) is 0 Å². The van der Waals surface area contributed by atoms with Crippen molar-refractivity contribution < 1.29 is 24.2 Å². The molecule has 4 N–H and O–H groups in total. The molecule has 0 radical (unpaired) electrons. The number of rotatable bonds is 9. The third kappa shape index (κ3) is 5.87. The molecular formula is C26H28N4O5. The second-order valence-electron chi connectivity index (χ2n) is 9.06. The summed E-state index contributed by atoms with van der Waals surface area (Å²) in [5, 5.41) is 11.2. The van der Waals surface area contributed by atoms with E-state index in [9.17, 15) is 9.59 Å². The van der Waals surface area contributed by atoms with Crippen LogP contribution in [0.25, 0.3) is 0 Å². The van der Waals surface area contributed by atoms with Crippen LogP contribution in [0.4, 0.5) is 4.79 Å². The van der Waals surface area contributed by atoms with Crippen LogP contribution in [0.5, 0.6) is 11.5 Å². The number of carbonyl (C=O) groups is 2. The van der Waals surface area contributed by atoms with Gasteiger partial charge in [0.25, 0.3) is 5.91 Å². The van der Waals surface area contributed by atoms with Crippen LogP contribution >= 0.6 is 0 Å². The smallest absolute Gasteiger partial charge is 0.404 e. The zero-order valence-electron chi connectivity index (χ0n) is 19.6. The summed E-state index contributed by atoms with van der Waals surface area (Å²) in [5.41, 5.74) is 7.80. The fraction of sp³-hybridized carbons (Fsp3) is 0.308. The number of aromatic nitrogens is 2. The molecule has 1 aliphatic rings. The first kappa shape index (κ1) is 24.0. The Morgan fingerprint density at radius 2 is 1.63 bits per heavy atom. The predicted molar refractivity (Wildman–Crippen MR) is 128 cm³/mol. The van der Waals surface area contributed by atoms with Gasteiger partial charge in [0.2, 0.25) is 5.82 Å². The van der Waals surface area contributed by atoms with Crippen molar-refractivity contribution in [3.8, 4) is 11.5 Å². The quantitative estimate of drug-likeness (QED) is 0.429. The first-order valence-electron chi connectivity index (χ1n) is 11.3. The van der Waals surface area contributed by atoms with Gasteiger partial charge in [-0.05, 0) is 41.5 Å². The number of nitrogens with two attached hydrogens (primary N) is 1. The van der Waals surface area contributed by atoms with Crippen LogP contribution in [0.1, 0.15) is 54.1 Å². The molecular weight excluding hydrogens is 448 g/mol. The van der Waals surface area contributed by atoms with Crippen LogP contribution in [0.2, 0.25) is 0 Å². The molecule has 0 bridgehead atoms.